The van der Waals surface area contributed by atoms with Crippen LogP contribution in [0.5, 0.6) is 5.75 Å². The number of pyridine rings is 1. The van der Waals surface area contributed by atoms with Crippen molar-refractivity contribution in [2.75, 3.05) is 13.7 Å². The lowest BCUT2D eigenvalue weighted by atomic mass is 9.95. The summed E-state index contributed by atoms with van der Waals surface area (Å²) in [5, 5.41) is 1.17. The maximum atomic E-state index is 12.3. The highest BCUT2D eigenvalue weighted by molar-refractivity contribution is 6.26. The molecular weight excluding hydrogens is 318 g/mol. The van der Waals surface area contributed by atoms with Gasteiger partial charge in [-0.3, -0.25) is 14.7 Å². The van der Waals surface area contributed by atoms with Crippen LogP contribution in [0.2, 0.25) is 0 Å². The van der Waals surface area contributed by atoms with Crippen molar-refractivity contribution in [2.24, 2.45) is 5.73 Å². The summed E-state index contributed by atoms with van der Waals surface area (Å²) in [6, 6.07) is 4.82. The third-order valence-corrected chi connectivity index (χ3v) is 4.46. The van der Waals surface area contributed by atoms with Crippen LogP contribution in [0, 0.1) is 5.92 Å². The second kappa shape index (κ2) is 6.04. The summed E-state index contributed by atoms with van der Waals surface area (Å²) < 4.78 is 5.41. The van der Waals surface area contributed by atoms with Crippen LogP contribution in [0.25, 0.3) is 10.8 Å². The third kappa shape index (κ3) is 2.70. The SMILES string of the molecule is COc1cc2ccncc2cc1C(Cl)[C]1CCN(C(N)=O)C1=O. The van der Waals surface area contributed by atoms with E-state index in [0.717, 1.165) is 15.7 Å². The molecule has 2 heterocycles. The van der Waals surface area contributed by atoms with Crippen molar-refractivity contribution in [3.05, 3.63) is 42.1 Å². The van der Waals surface area contributed by atoms with Crippen molar-refractivity contribution in [3.8, 4) is 5.75 Å². The van der Waals surface area contributed by atoms with E-state index in [1.165, 1.54) is 0 Å². The van der Waals surface area contributed by atoms with Gasteiger partial charge in [0, 0.05) is 29.9 Å². The van der Waals surface area contributed by atoms with Crippen LogP contribution < -0.4 is 10.5 Å². The van der Waals surface area contributed by atoms with E-state index in [2.05, 4.69) is 4.98 Å². The highest BCUT2D eigenvalue weighted by atomic mass is 35.5. The van der Waals surface area contributed by atoms with Crippen molar-refractivity contribution >= 4 is 34.3 Å². The number of carbonyl (C=O) groups is 2. The number of benzene rings is 1. The van der Waals surface area contributed by atoms with E-state index in [4.69, 9.17) is 22.1 Å². The predicted molar refractivity (Wildman–Crippen MR) is 86.0 cm³/mol. The monoisotopic (exact) mass is 332 g/mol. The first-order valence-corrected chi connectivity index (χ1v) is 7.49. The van der Waals surface area contributed by atoms with Crippen LogP contribution in [0.4, 0.5) is 4.79 Å². The molecule has 3 amide bonds. The summed E-state index contributed by atoms with van der Waals surface area (Å²) in [7, 11) is 1.55. The molecule has 1 aromatic heterocycles. The lowest BCUT2D eigenvalue weighted by Gasteiger charge is -2.19. The minimum Gasteiger partial charge on any atom is -0.496 e. The molecule has 0 bridgehead atoms. The van der Waals surface area contributed by atoms with Crippen molar-refractivity contribution in [1.82, 2.24) is 9.88 Å². The molecule has 3 rings (SSSR count). The predicted octanol–water partition coefficient (Wildman–Crippen LogP) is 2.41. The smallest absolute Gasteiger partial charge is 0.321 e. The molecule has 1 aliphatic rings. The van der Waals surface area contributed by atoms with Gasteiger partial charge in [-0.25, -0.2) is 4.79 Å². The van der Waals surface area contributed by atoms with Crippen molar-refractivity contribution in [3.63, 3.8) is 0 Å². The minimum atomic E-state index is -0.761. The fourth-order valence-corrected chi connectivity index (χ4v) is 3.13. The first-order chi connectivity index (χ1) is 11.0. The van der Waals surface area contributed by atoms with E-state index in [0.29, 0.717) is 23.7 Å². The largest absolute Gasteiger partial charge is 0.496 e. The molecule has 2 aromatic rings. The Kier molecular flexibility index (Phi) is 4.09. The van der Waals surface area contributed by atoms with Crippen molar-refractivity contribution in [2.45, 2.75) is 11.8 Å². The van der Waals surface area contributed by atoms with Gasteiger partial charge in [-0.05, 0) is 30.0 Å². The van der Waals surface area contributed by atoms with Gasteiger partial charge >= 0.3 is 6.03 Å². The standard InChI is InChI=1S/C16H15ClN3O3/c1-23-13-7-9-2-4-19-8-10(9)6-12(13)14(17)11-3-5-20(15(11)21)16(18)22/h2,4,6-8,14H,3,5H2,1H3,(H2,18,22). The van der Waals surface area contributed by atoms with E-state index in [9.17, 15) is 9.59 Å². The number of nitrogens with two attached hydrogens (primary N) is 1. The van der Waals surface area contributed by atoms with E-state index < -0.39 is 17.3 Å². The Labute approximate surface area is 138 Å². The van der Waals surface area contributed by atoms with Gasteiger partial charge in [0.1, 0.15) is 5.75 Å². The highest BCUT2D eigenvalue weighted by Crippen LogP contribution is 2.42. The van der Waals surface area contributed by atoms with E-state index in [1.54, 1.807) is 19.5 Å². The van der Waals surface area contributed by atoms with Gasteiger partial charge in [-0.2, -0.15) is 0 Å². The topological polar surface area (TPSA) is 85.5 Å². The molecule has 1 aliphatic heterocycles. The van der Waals surface area contributed by atoms with E-state index in [-0.39, 0.29) is 6.54 Å². The second-order valence-electron chi connectivity index (χ2n) is 5.25. The first kappa shape index (κ1) is 15.6. The number of hydrogen-bond donors (Lipinski definition) is 1. The quantitative estimate of drug-likeness (QED) is 0.874. The second-order valence-corrected chi connectivity index (χ2v) is 5.69. The van der Waals surface area contributed by atoms with Gasteiger partial charge in [-0.15, -0.1) is 11.6 Å². The molecule has 1 aromatic carbocycles. The number of amides is 3. The van der Waals surface area contributed by atoms with Gasteiger partial charge in [0.2, 0.25) is 5.91 Å². The molecule has 0 aliphatic carbocycles. The Morgan fingerprint density at radius 1 is 1.43 bits per heavy atom. The van der Waals surface area contributed by atoms with Crippen molar-refractivity contribution in [1.29, 1.82) is 0 Å². The van der Waals surface area contributed by atoms with Gasteiger partial charge in [-0.1, -0.05) is 0 Å². The zero-order valence-electron chi connectivity index (χ0n) is 12.5. The van der Waals surface area contributed by atoms with Gasteiger partial charge in [0.15, 0.2) is 0 Å². The Morgan fingerprint density at radius 3 is 2.87 bits per heavy atom. The average Bonchev–Trinajstić information content (AvgIpc) is 2.94. The molecule has 1 atom stereocenters. The van der Waals surface area contributed by atoms with Crippen molar-refractivity contribution < 1.29 is 14.3 Å². The third-order valence-electron chi connectivity index (χ3n) is 3.96. The molecule has 7 heteroatoms. The number of nitrogens with zero attached hydrogens (tertiary/aromatic N) is 2. The zero-order valence-corrected chi connectivity index (χ0v) is 13.2. The molecule has 2 N–H and O–H groups in total. The summed E-state index contributed by atoms with van der Waals surface area (Å²) in [6.07, 6.45) is 3.81. The molecule has 1 saturated heterocycles. The van der Waals surface area contributed by atoms with E-state index in [1.807, 2.05) is 18.2 Å². The number of likely N-dealkylation sites (tertiary alicyclic amines) is 1. The number of carbonyl (C=O) groups excluding carboxylic acids is 2. The molecule has 23 heavy (non-hydrogen) atoms. The number of ether oxygens (including phenoxy) is 1. The summed E-state index contributed by atoms with van der Waals surface area (Å²) in [5.74, 6) is 0.597. The number of methoxy groups -OCH3 is 1. The van der Waals surface area contributed by atoms with Crippen LogP contribution in [-0.4, -0.2) is 35.5 Å². The number of primary amides is 1. The number of halogens is 1. The van der Waals surface area contributed by atoms with Crippen LogP contribution >= 0.6 is 11.6 Å². The normalized spacial score (nSPS) is 16.8. The fraction of sp³-hybridized carbons (Fsp3) is 0.250. The first-order valence-electron chi connectivity index (χ1n) is 7.05. The maximum absolute atomic E-state index is 12.3. The summed E-state index contributed by atoms with van der Waals surface area (Å²) in [5.41, 5.74) is 5.87. The molecule has 1 fully saturated rings. The minimum absolute atomic E-state index is 0.254. The van der Waals surface area contributed by atoms with Crippen LogP contribution in [-0.2, 0) is 4.79 Å². The Morgan fingerprint density at radius 2 is 2.22 bits per heavy atom. The lowest BCUT2D eigenvalue weighted by molar-refractivity contribution is -0.123. The van der Waals surface area contributed by atoms with Gasteiger partial charge in [0.05, 0.1) is 18.4 Å². The Hall–Kier alpha value is -2.34. The molecule has 6 nitrogen and oxygen atoms in total. The summed E-state index contributed by atoms with van der Waals surface area (Å²) in [6.45, 7) is 0.254. The van der Waals surface area contributed by atoms with E-state index >= 15 is 0 Å². The van der Waals surface area contributed by atoms with Crippen LogP contribution in [0.15, 0.2) is 30.6 Å². The number of hydrogen-bond acceptors (Lipinski definition) is 4. The molecule has 1 unspecified atom stereocenters. The molecular formula is C16H15ClN3O3. The zero-order chi connectivity index (χ0) is 16.6. The van der Waals surface area contributed by atoms with Gasteiger partial charge in [0.25, 0.3) is 0 Å². The number of alkyl halides is 1. The Balaban J connectivity index is 1.99. The number of urea groups is 1. The number of rotatable bonds is 3. The number of aromatic nitrogens is 1. The Bertz CT molecular complexity index is 780. The van der Waals surface area contributed by atoms with Gasteiger partial charge < -0.3 is 10.5 Å². The van der Waals surface area contributed by atoms with Crippen LogP contribution in [0.3, 0.4) is 0 Å². The molecule has 1 radical (unpaired) electrons. The number of imide groups is 1. The number of fused-ring (bicyclic) bond motifs is 1. The fourth-order valence-electron chi connectivity index (χ4n) is 2.75. The molecule has 0 spiro atoms. The summed E-state index contributed by atoms with van der Waals surface area (Å²) in [4.78, 5) is 28.6. The highest BCUT2D eigenvalue weighted by Gasteiger charge is 2.41. The van der Waals surface area contributed by atoms with Crippen LogP contribution in [0.1, 0.15) is 17.4 Å². The molecule has 0 saturated carbocycles. The summed E-state index contributed by atoms with van der Waals surface area (Å²) >= 11 is 6.52. The average molecular weight is 333 g/mol. The molecule has 119 valence electrons. The lowest BCUT2D eigenvalue weighted by Crippen LogP contribution is -2.37. The maximum Gasteiger partial charge on any atom is 0.321 e.